The van der Waals surface area contributed by atoms with Crippen LogP contribution in [0.5, 0.6) is 0 Å². The predicted molar refractivity (Wildman–Crippen MR) is 76.3 cm³/mol. The van der Waals surface area contributed by atoms with Gasteiger partial charge in [-0.15, -0.1) is 0 Å². The summed E-state index contributed by atoms with van der Waals surface area (Å²) >= 11 is 0. The van der Waals surface area contributed by atoms with Gasteiger partial charge in [-0.25, -0.2) is 4.98 Å². The third kappa shape index (κ3) is 3.46. The van der Waals surface area contributed by atoms with E-state index in [1.807, 2.05) is 25.6 Å². The number of H-pyrrole nitrogens is 1. The standard InChI is InChI=1S/C14H21N5O/c1-10-13(11(2)19(3)18-10)4-5-14(20)16-7-6-12-8-15-9-17-12/h8-9H,4-7H2,1-3H3,(H,15,17)(H,16,20). The third-order valence-electron chi connectivity index (χ3n) is 3.53. The summed E-state index contributed by atoms with van der Waals surface area (Å²) in [6, 6.07) is 0. The Morgan fingerprint density at radius 2 is 2.20 bits per heavy atom. The number of rotatable bonds is 6. The molecular weight excluding hydrogens is 254 g/mol. The molecule has 0 spiro atoms. The van der Waals surface area contributed by atoms with Gasteiger partial charge in [-0.1, -0.05) is 0 Å². The van der Waals surface area contributed by atoms with Gasteiger partial charge in [0.15, 0.2) is 0 Å². The summed E-state index contributed by atoms with van der Waals surface area (Å²) in [5, 5.41) is 7.28. The molecule has 0 radical (unpaired) electrons. The first kappa shape index (κ1) is 14.3. The van der Waals surface area contributed by atoms with E-state index >= 15 is 0 Å². The Morgan fingerprint density at radius 1 is 1.40 bits per heavy atom. The van der Waals surface area contributed by atoms with E-state index in [1.54, 1.807) is 12.5 Å². The lowest BCUT2D eigenvalue weighted by Gasteiger charge is -2.05. The second-order valence-corrected chi connectivity index (χ2v) is 4.95. The summed E-state index contributed by atoms with van der Waals surface area (Å²) in [4.78, 5) is 18.8. The van der Waals surface area contributed by atoms with Crippen LogP contribution in [0.1, 0.15) is 29.1 Å². The minimum atomic E-state index is 0.0761. The van der Waals surface area contributed by atoms with Crippen molar-refractivity contribution in [3.63, 3.8) is 0 Å². The minimum absolute atomic E-state index is 0.0761. The molecular formula is C14H21N5O. The van der Waals surface area contributed by atoms with Gasteiger partial charge in [0.1, 0.15) is 0 Å². The SMILES string of the molecule is Cc1nn(C)c(C)c1CCC(=O)NCCc1cnc[nH]1. The van der Waals surface area contributed by atoms with Gasteiger partial charge >= 0.3 is 0 Å². The molecule has 108 valence electrons. The summed E-state index contributed by atoms with van der Waals surface area (Å²) in [5.41, 5.74) is 4.35. The molecule has 2 aromatic heterocycles. The molecule has 0 fully saturated rings. The molecule has 0 aromatic carbocycles. The van der Waals surface area contributed by atoms with Crippen molar-refractivity contribution in [3.05, 3.63) is 35.2 Å². The third-order valence-corrected chi connectivity index (χ3v) is 3.53. The average Bonchev–Trinajstić information content (AvgIpc) is 2.98. The number of aryl methyl sites for hydroxylation is 2. The molecule has 1 amide bonds. The van der Waals surface area contributed by atoms with Crippen molar-refractivity contribution in [1.29, 1.82) is 0 Å². The lowest BCUT2D eigenvalue weighted by atomic mass is 10.1. The molecule has 0 saturated carbocycles. The Hall–Kier alpha value is -2.11. The predicted octanol–water partition coefficient (Wildman–Crippen LogP) is 1.05. The number of carbonyl (C=O) groups excluding carboxylic acids is 1. The lowest BCUT2D eigenvalue weighted by Crippen LogP contribution is -2.26. The number of hydrogen-bond acceptors (Lipinski definition) is 3. The molecule has 0 unspecified atom stereocenters. The molecule has 0 aliphatic heterocycles. The van der Waals surface area contributed by atoms with E-state index in [-0.39, 0.29) is 5.91 Å². The van der Waals surface area contributed by atoms with Gasteiger partial charge in [0.05, 0.1) is 12.0 Å². The normalized spacial score (nSPS) is 10.8. The van der Waals surface area contributed by atoms with Crippen molar-refractivity contribution >= 4 is 5.91 Å². The fraction of sp³-hybridized carbons (Fsp3) is 0.500. The quantitative estimate of drug-likeness (QED) is 0.827. The van der Waals surface area contributed by atoms with Crippen LogP contribution < -0.4 is 5.32 Å². The highest BCUT2D eigenvalue weighted by Crippen LogP contribution is 2.13. The van der Waals surface area contributed by atoms with E-state index in [0.717, 1.165) is 29.9 Å². The van der Waals surface area contributed by atoms with Gasteiger partial charge in [-0.2, -0.15) is 5.10 Å². The van der Waals surface area contributed by atoms with Crippen molar-refractivity contribution in [2.45, 2.75) is 33.1 Å². The molecule has 2 heterocycles. The maximum Gasteiger partial charge on any atom is 0.220 e. The molecule has 2 N–H and O–H groups in total. The number of aromatic amines is 1. The van der Waals surface area contributed by atoms with Crippen molar-refractivity contribution < 1.29 is 4.79 Å². The van der Waals surface area contributed by atoms with E-state index in [4.69, 9.17) is 0 Å². The molecule has 0 aliphatic carbocycles. The number of hydrogen-bond donors (Lipinski definition) is 2. The van der Waals surface area contributed by atoms with Gasteiger partial charge in [0.25, 0.3) is 0 Å². The van der Waals surface area contributed by atoms with Crippen LogP contribution in [-0.2, 0) is 24.7 Å². The summed E-state index contributed by atoms with van der Waals surface area (Å²) in [5.74, 6) is 0.0761. The summed E-state index contributed by atoms with van der Waals surface area (Å²) in [6.45, 7) is 4.65. The highest BCUT2D eigenvalue weighted by molar-refractivity contribution is 5.76. The number of amides is 1. The van der Waals surface area contributed by atoms with Crippen LogP contribution in [-0.4, -0.2) is 32.2 Å². The van der Waals surface area contributed by atoms with Gasteiger partial charge in [0, 0.05) is 44.0 Å². The molecule has 6 heteroatoms. The molecule has 0 bridgehead atoms. The Labute approximate surface area is 118 Å². The first-order valence-corrected chi connectivity index (χ1v) is 6.81. The van der Waals surface area contributed by atoms with Gasteiger partial charge in [-0.3, -0.25) is 9.48 Å². The van der Waals surface area contributed by atoms with E-state index < -0.39 is 0 Å². The van der Waals surface area contributed by atoms with Crippen LogP contribution in [0.3, 0.4) is 0 Å². The highest BCUT2D eigenvalue weighted by Gasteiger charge is 2.11. The molecule has 0 atom stereocenters. The smallest absolute Gasteiger partial charge is 0.220 e. The first-order chi connectivity index (χ1) is 9.58. The monoisotopic (exact) mass is 275 g/mol. The summed E-state index contributed by atoms with van der Waals surface area (Å²) < 4.78 is 1.86. The van der Waals surface area contributed by atoms with Crippen LogP contribution >= 0.6 is 0 Å². The Kier molecular flexibility index (Phi) is 4.55. The maximum atomic E-state index is 11.8. The summed E-state index contributed by atoms with van der Waals surface area (Å²) in [7, 11) is 1.93. The van der Waals surface area contributed by atoms with Crippen LogP contribution in [0.15, 0.2) is 12.5 Å². The number of imidazole rings is 1. The molecule has 2 rings (SSSR count). The molecule has 0 aliphatic rings. The van der Waals surface area contributed by atoms with E-state index in [9.17, 15) is 4.79 Å². The van der Waals surface area contributed by atoms with Crippen LogP contribution in [0.4, 0.5) is 0 Å². The Morgan fingerprint density at radius 3 is 2.80 bits per heavy atom. The van der Waals surface area contributed by atoms with Crippen molar-refractivity contribution in [2.24, 2.45) is 7.05 Å². The molecule has 2 aromatic rings. The van der Waals surface area contributed by atoms with Gasteiger partial charge in [-0.05, 0) is 25.8 Å². The number of nitrogens with zero attached hydrogens (tertiary/aromatic N) is 3. The number of carbonyl (C=O) groups is 1. The number of aromatic nitrogens is 4. The maximum absolute atomic E-state index is 11.8. The van der Waals surface area contributed by atoms with E-state index in [0.29, 0.717) is 13.0 Å². The summed E-state index contributed by atoms with van der Waals surface area (Å²) in [6.07, 6.45) is 5.42. The largest absolute Gasteiger partial charge is 0.356 e. The fourth-order valence-corrected chi connectivity index (χ4v) is 2.26. The minimum Gasteiger partial charge on any atom is -0.356 e. The highest BCUT2D eigenvalue weighted by atomic mass is 16.1. The van der Waals surface area contributed by atoms with Crippen molar-refractivity contribution in [2.75, 3.05) is 6.54 Å². The average molecular weight is 275 g/mol. The van der Waals surface area contributed by atoms with E-state index in [1.165, 1.54) is 5.56 Å². The second kappa shape index (κ2) is 6.36. The zero-order valence-electron chi connectivity index (χ0n) is 12.2. The van der Waals surface area contributed by atoms with Gasteiger partial charge < -0.3 is 10.3 Å². The fourth-order valence-electron chi connectivity index (χ4n) is 2.26. The van der Waals surface area contributed by atoms with Crippen LogP contribution in [0.25, 0.3) is 0 Å². The molecule has 0 saturated heterocycles. The zero-order chi connectivity index (χ0) is 14.5. The van der Waals surface area contributed by atoms with Gasteiger partial charge in [0.2, 0.25) is 5.91 Å². The first-order valence-electron chi connectivity index (χ1n) is 6.81. The van der Waals surface area contributed by atoms with E-state index in [2.05, 4.69) is 20.4 Å². The topological polar surface area (TPSA) is 75.6 Å². The number of nitrogens with one attached hydrogen (secondary N) is 2. The molecule has 6 nitrogen and oxygen atoms in total. The Bertz CT molecular complexity index is 571. The Balaban J connectivity index is 1.75. The second-order valence-electron chi connectivity index (χ2n) is 4.95. The molecule has 20 heavy (non-hydrogen) atoms. The van der Waals surface area contributed by atoms with Crippen LogP contribution in [0.2, 0.25) is 0 Å². The van der Waals surface area contributed by atoms with Crippen molar-refractivity contribution in [3.8, 4) is 0 Å². The zero-order valence-corrected chi connectivity index (χ0v) is 12.2. The van der Waals surface area contributed by atoms with Crippen LogP contribution in [0, 0.1) is 13.8 Å². The lowest BCUT2D eigenvalue weighted by molar-refractivity contribution is -0.121. The van der Waals surface area contributed by atoms with Crippen molar-refractivity contribution in [1.82, 2.24) is 25.1 Å².